The van der Waals surface area contributed by atoms with Crippen LogP contribution in [-0.2, 0) is 11.3 Å². The van der Waals surface area contributed by atoms with E-state index in [-0.39, 0.29) is 18.2 Å². The van der Waals surface area contributed by atoms with E-state index in [1.54, 1.807) is 11.2 Å². The largest absolute Gasteiger partial charge is 0.454 e. The van der Waals surface area contributed by atoms with Gasteiger partial charge >= 0.3 is 0 Å². The number of aliphatic hydroxyl groups excluding tert-OH is 1. The van der Waals surface area contributed by atoms with Crippen LogP contribution in [0.1, 0.15) is 19.3 Å². The summed E-state index contributed by atoms with van der Waals surface area (Å²) < 4.78 is 13.7. The topological polar surface area (TPSA) is 129 Å². The van der Waals surface area contributed by atoms with E-state index in [4.69, 9.17) is 25.0 Å². The zero-order valence-electron chi connectivity index (χ0n) is 17.7. The van der Waals surface area contributed by atoms with Crippen LogP contribution in [0.15, 0.2) is 33.0 Å². The van der Waals surface area contributed by atoms with Crippen molar-refractivity contribution in [2.24, 2.45) is 5.92 Å². The number of imidazole rings is 1. The van der Waals surface area contributed by atoms with Crippen molar-refractivity contribution in [2.75, 3.05) is 26.5 Å². The van der Waals surface area contributed by atoms with E-state index in [0.29, 0.717) is 46.8 Å². The van der Waals surface area contributed by atoms with Crippen LogP contribution in [-0.4, -0.2) is 61.9 Å². The second-order valence-corrected chi connectivity index (χ2v) is 9.92. The molecule has 1 aromatic carbocycles. The highest BCUT2D eigenvalue weighted by atomic mass is 79.9. The van der Waals surface area contributed by atoms with E-state index in [1.807, 2.05) is 16.7 Å². The number of piperidine rings is 1. The number of hydrogen-bond donors (Lipinski definition) is 3. The fraction of sp³-hybridized carbons (Fsp3) is 0.429. The molecule has 174 valence electrons. The van der Waals surface area contributed by atoms with Crippen molar-refractivity contribution in [3.05, 3.63) is 28.4 Å². The average molecular weight is 535 g/mol. The lowest BCUT2D eigenvalue weighted by Gasteiger charge is -2.31. The molecule has 0 spiro atoms. The Kier molecular flexibility index (Phi) is 6.30. The Morgan fingerprint density at radius 1 is 1.30 bits per heavy atom. The number of aromatic nitrogens is 4. The molecule has 4 heterocycles. The molecule has 0 aliphatic carbocycles. The van der Waals surface area contributed by atoms with Crippen LogP contribution in [0.2, 0.25) is 0 Å². The van der Waals surface area contributed by atoms with Crippen molar-refractivity contribution in [1.82, 2.24) is 24.4 Å². The number of nitrogens with zero attached hydrogens (tertiary/aromatic N) is 4. The lowest BCUT2D eigenvalue weighted by molar-refractivity contribution is -0.135. The van der Waals surface area contributed by atoms with Gasteiger partial charge in [-0.05, 0) is 53.2 Å². The van der Waals surface area contributed by atoms with Gasteiger partial charge in [0.05, 0.1) is 6.33 Å². The molecule has 1 fully saturated rings. The van der Waals surface area contributed by atoms with Gasteiger partial charge in [-0.1, -0.05) is 11.8 Å². The molecule has 33 heavy (non-hydrogen) atoms. The number of aliphatic hydroxyl groups is 1. The summed E-state index contributed by atoms with van der Waals surface area (Å²) in [6, 6.07) is 3.79. The summed E-state index contributed by atoms with van der Waals surface area (Å²) in [5.74, 6) is 1.69. The number of carbonyl (C=O) groups is 1. The molecule has 1 saturated heterocycles. The van der Waals surface area contributed by atoms with E-state index in [2.05, 4.69) is 25.9 Å². The van der Waals surface area contributed by atoms with E-state index < -0.39 is 6.61 Å². The third-order valence-electron chi connectivity index (χ3n) is 6.01. The first kappa shape index (κ1) is 22.2. The highest BCUT2D eigenvalue weighted by Gasteiger charge is 2.23. The molecule has 3 N–H and O–H groups in total. The maximum atomic E-state index is 11.7. The van der Waals surface area contributed by atoms with Crippen molar-refractivity contribution < 1.29 is 19.4 Å². The molecule has 10 nitrogen and oxygen atoms in total. The Bertz CT molecular complexity index is 1250. The van der Waals surface area contributed by atoms with Gasteiger partial charge in [-0.2, -0.15) is 0 Å². The number of hydrogen-bond acceptors (Lipinski definition) is 8. The first-order valence-electron chi connectivity index (χ1n) is 10.7. The van der Waals surface area contributed by atoms with Crippen LogP contribution in [0, 0.1) is 11.3 Å². The third-order valence-corrected chi connectivity index (χ3v) is 7.88. The van der Waals surface area contributed by atoms with Gasteiger partial charge in [-0.25, -0.2) is 9.97 Å². The number of carbonyl (C=O) groups excluding carboxylic acids is 1. The molecular weight excluding hydrogens is 512 g/mol. The number of aryl methyl sites for hydroxylation is 1. The van der Waals surface area contributed by atoms with Gasteiger partial charge in [-0.15, -0.1) is 0 Å². The maximum absolute atomic E-state index is 11.7. The van der Waals surface area contributed by atoms with E-state index in [0.717, 1.165) is 35.2 Å². The number of likely N-dealkylation sites (tertiary alicyclic amines) is 1. The quantitative estimate of drug-likeness (QED) is 0.442. The molecule has 2 aromatic heterocycles. The molecule has 2 aliphatic heterocycles. The van der Waals surface area contributed by atoms with Crippen LogP contribution < -0.4 is 15.0 Å². The van der Waals surface area contributed by atoms with E-state index >= 15 is 0 Å². The molecule has 1 amide bonds. The highest BCUT2D eigenvalue weighted by molar-refractivity contribution is 9.10. The number of halogens is 1. The number of benzene rings is 1. The van der Waals surface area contributed by atoms with Crippen molar-refractivity contribution in [2.45, 2.75) is 35.9 Å². The van der Waals surface area contributed by atoms with Gasteiger partial charge in [0, 0.05) is 29.0 Å². The third kappa shape index (κ3) is 4.59. The lowest BCUT2D eigenvalue weighted by Crippen LogP contribution is -2.40. The minimum Gasteiger partial charge on any atom is -0.454 e. The predicted molar refractivity (Wildman–Crippen MR) is 123 cm³/mol. The molecule has 0 saturated carbocycles. The standard InChI is InChI=1S/C21H23BrN6O4S/c22-13-7-14-15(32-11-31-14)8-16(13)33-21-25-18-19(23)24-10-28(20(18)26-21)6-3-12-1-4-27(5-2-12)17(30)9-29/h7-8,10,12,23,29H,1-6,9,11H2,(H,25,26). The fourth-order valence-electron chi connectivity index (χ4n) is 4.15. The van der Waals surface area contributed by atoms with Gasteiger partial charge in [0.1, 0.15) is 12.1 Å². The average Bonchev–Trinajstić information content (AvgIpc) is 3.46. The molecule has 3 aromatic rings. The molecule has 12 heteroatoms. The SMILES string of the molecule is N=c1ncn(CCC2CCN(C(=O)CO)CC2)c2nc(Sc3cc4c(cc3Br)OCO4)[nH]c12. The Hall–Kier alpha value is -2.57. The lowest BCUT2D eigenvalue weighted by atomic mass is 9.93. The Morgan fingerprint density at radius 2 is 2.06 bits per heavy atom. The molecular formula is C21H23BrN6O4S. The number of fused-ring (bicyclic) bond motifs is 2. The van der Waals surface area contributed by atoms with Gasteiger partial charge in [-0.3, -0.25) is 10.2 Å². The molecule has 0 bridgehead atoms. The molecule has 0 radical (unpaired) electrons. The number of amides is 1. The van der Waals surface area contributed by atoms with Crippen molar-refractivity contribution in [3.63, 3.8) is 0 Å². The van der Waals surface area contributed by atoms with E-state index in [9.17, 15) is 4.79 Å². The number of aromatic amines is 1. The number of H-pyrrole nitrogens is 1. The zero-order valence-corrected chi connectivity index (χ0v) is 20.1. The van der Waals surface area contributed by atoms with Gasteiger partial charge < -0.3 is 29.0 Å². The number of nitrogens with one attached hydrogen (secondary N) is 2. The fourth-order valence-corrected chi connectivity index (χ4v) is 5.53. The molecule has 2 aliphatic rings. The summed E-state index contributed by atoms with van der Waals surface area (Å²) in [4.78, 5) is 26.5. The molecule has 0 unspecified atom stereocenters. The summed E-state index contributed by atoms with van der Waals surface area (Å²) >= 11 is 5.02. The van der Waals surface area contributed by atoms with Gasteiger partial charge in [0.25, 0.3) is 0 Å². The molecule has 5 rings (SSSR count). The maximum Gasteiger partial charge on any atom is 0.248 e. The first-order valence-corrected chi connectivity index (χ1v) is 12.3. The minimum atomic E-state index is -0.425. The van der Waals surface area contributed by atoms with E-state index in [1.165, 1.54) is 11.8 Å². The summed E-state index contributed by atoms with van der Waals surface area (Å²) in [6.45, 7) is 1.88. The van der Waals surface area contributed by atoms with Crippen LogP contribution in [0.3, 0.4) is 0 Å². The normalized spacial score (nSPS) is 16.0. The smallest absolute Gasteiger partial charge is 0.248 e. The highest BCUT2D eigenvalue weighted by Crippen LogP contribution is 2.42. The van der Waals surface area contributed by atoms with Crippen LogP contribution in [0.4, 0.5) is 0 Å². The second-order valence-electron chi connectivity index (χ2n) is 8.04. The van der Waals surface area contributed by atoms with Crippen LogP contribution in [0.25, 0.3) is 11.2 Å². The van der Waals surface area contributed by atoms with Crippen molar-refractivity contribution in [3.8, 4) is 11.5 Å². The summed E-state index contributed by atoms with van der Waals surface area (Å²) in [5, 5.41) is 17.9. The summed E-state index contributed by atoms with van der Waals surface area (Å²) in [7, 11) is 0. The van der Waals surface area contributed by atoms with Crippen LogP contribution >= 0.6 is 27.7 Å². The number of ether oxygens (including phenoxy) is 2. The summed E-state index contributed by atoms with van der Waals surface area (Å²) in [6.07, 6.45) is 4.43. The first-order chi connectivity index (χ1) is 16.0. The number of rotatable bonds is 6. The Labute approximate surface area is 202 Å². The zero-order chi connectivity index (χ0) is 22.9. The van der Waals surface area contributed by atoms with Crippen molar-refractivity contribution >= 4 is 44.8 Å². The summed E-state index contributed by atoms with van der Waals surface area (Å²) in [5.41, 5.74) is 1.45. The monoisotopic (exact) mass is 534 g/mol. The van der Waals surface area contributed by atoms with Crippen molar-refractivity contribution in [1.29, 1.82) is 5.41 Å². The predicted octanol–water partition coefficient (Wildman–Crippen LogP) is 2.50. The Balaban J connectivity index is 1.31. The van der Waals surface area contributed by atoms with Gasteiger partial charge in [0.15, 0.2) is 27.8 Å². The molecule has 0 atom stereocenters. The Morgan fingerprint density at radius 3 is 2.82 bits per heavy atom. The van der Waals surface area contributed by atoms with Crippen LogP contribution in [0.5, 0.6) is 11.5 Å². The minimum absolute atomic E-state index is 0.154. The van der Waals surface area contributed by atoms with Gasteiger partial charge in [0.2, 0.25) is 12.7 Å². The second kappa shape index (κ2) is 9.35.